The number of ether oxygens (including phenoxy) is 1. The molecule has 2 nitrogen and oxygen atoms in total. The van der Waals surface area contributed by atoms with E-state index in [1.54, 1.807) is 0 Å². The lowest BCUT2D eigenvalue weighted by Gasteiger charge is -2.43. The molecule has 0 saturated heterocycles. The molecule has 2 saturated carbocycles. The van der Waals surface area contributed by atoms with Gasteiger partial charge < -0.3 is 9.84 Å². The monoisotopic (exact) mass is 236 g/mol. The van der Waals surface area contributed by atoms with Crippen LogP contribution in [0.15, 0.2) is 11.6 Å². The third-order valence-electron chi connectivity index (χ3n) is 5.09. The second-order valence-corrected chi connectivity index (χ2v) is 6.20. The fourth-order valence-electron chi connectivity index (χ4n) is 4.03. The van der Waals surface area contributed by atoms with Gasteiger partial charge in [0.05, 0.1) is 11.7 Å². The molecule has 96 valence electrons. The molecule has 0 bridgehead atoms. The number of aliphatic hydroxyl groups excluding tert-OH is 1. The third kappa shape index (κ3) is 1.77. The molecule has 1 aliphatic heterocycles. The van der Waals surface area contributed by atoms with Crippen molar-refractivity contribution < 1.29 is 9.84 Å². The number of aliphatic hydroxyl groups is 1. The molecule has 0 radical (unpaired) electrons. The summed E-state index contributed by atoms with van der Waals surface area (Å²) >= 11 is 0. The van der Waals surface area contributed by atoms with Crippen LogP contribution in [0.5, 0.6) is 0 Å². The van der Waals surface area contributed by atoms with Crippen molar-refractivity contribution in [3.63, 3.8) is 0 Å². The second-order valence-electron chi connectivity index (χ2n) is 6.20. The van der Waals surface area contributed by atoms with Crippen LogP contribution >= 0.6 is 0 Å². The molecule has 0 unspecified atom stereocenters. The van der Waals surface area contributed by atoms with Gasteiger partial charge in [-0.1, -0.05) is 32.1 Å². The molecule has 2 spiro atoms. The van der Waals surface area contributed by atoms with E-state index in [1.807, 2.05) is 0 Å². The SMILES string of the molecule is CC1=C[C@@]2(CCCC[C@H]2O)OC12CCCCC2. The van der Waals surface area contributed by atoms with Crippen LogP contribution in [0.2, 0.25) is 0 Å². The van der Waals surface area contributed by atoms with Crippen LogP contribution in [-0.2, 0) is 4.74 Å². The van der Waals surface area contributed by atoms with Crippen LogP contribution in [0.1, 0.15) is 64.7 Å². The van der Waals surface area contributed by atoms with Crippen LogP contribution in [0.25, 0.3) is 0 Å². The van der Waals surface area contributed by atoms with Gasteiger partial charge >= 0.3 is 0 Å². The Labute approximate surface area is 104 Å². The van der Waals surface area contributed by atoms with Crippen LogP contribution in [-0.4, -0.2) is 22.4 Å². The highest BCUT2D eigenvalue weighted by Gasteiger charge is 2.52. The fraction of sp³-hybridized carbons (Fsp3) is 0.867. The maximum atomic E-state index is 10.3. The molecule has 2 fully saturated rings. The van der Waals surface area contributed by atoms with E-state index in [1.165, 1.54) is 31.3 Å². The van der Waals surface area contributed by atoms with E-state index in [2.05, 4.69) is 13.0 Å². The van der Waals surface area contributed by atoms with E-state index < -0.39 is 0 Å². The summed E-state index contributed by atoms with van der Waals surface area (Å²) < 4.78 is 6.50. The first-order chi connectivity index (χ1) is 8.17. The highest BCUT2D eigenvalue weighted by molar-refractivity contribution is 5.29. The Morgan fingerprint density at radius 1 is 1.12 bits per heavy atom. The van der Waals surface area contributed by atoms with Crippen molar-refractivity contribution >= 4 is 0 Å². The summed E-state index contributed by atoms with van der Waals surface area (Å²) in [7, 11) is 0. The summed E-state index contributed by atoms with van der Waals surface area (Å²) in [6.45, 7) is 2.21. The van der Waals surface area contributed by atoms with Gasteiger partial charge in [-0.05, 0) is 44.3 Å². The number of rotatable bonds is 0. The minimum absolute atomic E-state index is 0.0173. The summed E-state index contributed by atoms with van der Waals surface area (Å²) in [6, 6.07) is 0. The van der Waals surface area contributed by atoms with Crippen molar-refractivity contribution in [3.05, 3.63) is 11.6 Å². The van der Waals surface area contributed by atoms with E-state index in [-0.39, 0.29) is 17.3 Å². The first-order valence-corrected chi connectivity index (χ1v) is 7.25. The van der Waals surface area contributed by atoms with Crippen LogP contribution < -0.4 is 0 Å². The van der Waals surface area contributed by atoms with E-state index in [4.69, 9.17) is 4.74 Å². The first kappa shape index (κ1) is 11.7. The summed E-state index contributed by atoms with van der Waals surface area (Å²) in [5, 5.41) is 10.3. The predicted octanol–water partition coefficient (Wildman–Crippen LogP) is 3.34. The second kappa shape index (κ2) is 4.10. The zero-order chi connectivity index (χ0) is 11.9. The largest absolute Gasteiger partial charge is 0.390 e. The Kier molecular flexibility index (Phi) is 2.83. The Hall–Kier alpha value is -0.340. The van der Waals surface area contributed by atoms with E-state index >= 15 is 0 Å². The predicted molar refractivity (Wildman–Crippen MR) is 67.9 cm³/mol. The maximum absolute atomic E-state index is 10.3. The van der Waals surface area contributed by atoms with Crippen LogP contribution in [0.4, 0.5) is 0 Å². The quantitative estimate of drug-likeness (QED) is 0.654. The van der Waals surface area contributed by atoms with Gasteiger partial charge in [0.25, 0.3) is 0 Å². The molecule has 3 aliphatic rings. The van der Waals surface area contributed by atoms with E-state index in [0.717, 1.165) is 32.1 Å². The molecule has 2 aliphatic carbocycles. The summed E-state index contributed by atoms with van der Waals surface area (Å²) in [5.41, 5.74) is 1.04. The van der Waals surface area contributed by atoms with Gasteiger partial charge in [0.15, 0.2) is 0 Å². The lowest BCUT2D eigenvalue weighted by Crippen LogP contribution is -2.48. The number of hydrogen-bond donors (Lipinski definition) is 1. The highest BCUT2D eigenvalue weighted by atomic mass is 16.5. The zero-order valence-electron chi connectivity index (χ0n) is 10.9. The molecular formula is C15H24O2. The Bertz CT molecular complexity index is 328. The summed E-state index contributed by atoms with van der Waals surface area (Å²) in [4.78, 5) is 0. The van der Waals surface area contributed by atoms with Gasteiger partial charge in [-0.25, -0.2) is 0 Å². The van der Waals surface area contributed by atoms with Crippen molar-refractivity contribution in [2.75, 3.05) is 0 Å². The molecule has 1 heterocycles. The number of hydrogen-bond acceptors (Lipinski definition) is 2. The first-order valence-electron chi connectivity index (χ1n) is 7.25. The lowest BCUT2D eigenvalue weighted by atomic mass is 9.80. The van der Waals surface area contributed by atoms with Crippen molar-refractivity contribution in [1.29, 1.82) is 0 Å². The normalized spacial score (nSPS) is 40.8. The van der Waals surface area contributed by atoms with Crippen molar-refractivity contribution in [2.45, 2.75) is 82.0 Å². The van der Waals surface area contributed by atoms with Gasteiger partial charge in [-0.2, -0.15) is 0 Å². The third-order valence-corrected chi connectivity index (χ3v) is 5.09. The molecular weight excluding hydrogens is 212 g/mol. The van der Waals surface area contributed by atoms with Crippen LogP contribution in [0, 0.1) is 0 Å². The van der Waals surface area contributed by atoms with E-state index in [0.29, 0.717) is 0 Å². The fourth-order valence-corrected chi connectivity index (χ4v) is 4.03. The average molecular weight is 236 g/mol. The molecule has 3 rings (SSSR count). The van der Waals surface area contributed by atoms with E-state index in [9.17, 15) is 5.11 Å². The molecule has 0 aromatic heterocycles. The smallest absolute Gasteiger partial charge is 0.114 e. The van der Waals surface area contributed by atoms with Crippen molar-refractivity contribution in [2.24, 2.45) is 0 Å². The maximum Gasteiger partial charge on any atom is 0.114 e. The van der Waals surface area contributed by atoms with Crippen molar-refractivity contribution in [1.82, 2.24) is 0 Å². The van der Waals surface area contributed by atoms with Crippen molar-refractivity contribution in [3.8, 4) is 0 Å². The lowest BCUT2D eigenvalue weighted by molar-refractivity contribution is -0.168. The molecule has 0 amide bonds. The molecule has 0 aromatic carbocycles. The summed E-state index contributed by atoms with van der Waals surface area (Å²) in [5.74, 6) is 0. The minimum atomic E-state index is -0.334. The van der Waals surface area contributed by atoms with Gasteiger partial charge in [0.2, 0.25) is 0 Å². The molecule has 2 atom stereocenters. The molecule has 1 N–H and O–H groups in total. The zero-order valence-corrected chi connectivity index (χ0v) is 10.9. The van der Waals surface area contributed by atoms with Gasteiger partial charge in [-0.3, -0.25) is 0 Å². The Balaban J connectivity index is 1.87. The Morgan fingerprint density at radius 2 is 1.82 bits per heavy atom. The standard InChI is InChI=1S/C15H24O2/c1-12-11-15(10-6-3-7-13(15)16)17-14(12)8-4-2-5-9-14/h11,13,16H,2-10H2,1H3/t13-,15-/m1/s1. The summed E-state index contributed by atoms with van der Waals surface area (Å²) in [6.07, 6.45) is 12.4. The minimum Gasteiger partial charge on any atom is -0.390 e. The van der Waals surface area contributed by atoms with Gasteiger partial charge in [0, 0.05) is 0 Å². The van der Waals surface area contributed by atoms with Gasteiger partial charge in [-0.15, -0.1) is 0 Å². The highest BCUT2D eigenvalue weighted by Crippen LogP contribution is 2.50. The molecule has 17 heavy (non-hydrogen) atoms. The molecule has 2 heteroatoms. The topological polar surface area (TPSA) is 29.5 Å². The van der Waals surface area contributed by atoms with Gasteiger partial charge in [0.1, 0.15) is 5.60 Å². The molecule has 0 aromatic rings. The Morgan fingerprint density at radius 3 is 2.53 bits per heavy atom. The average Bonchev–Trinajstić information content (AvgIpc) is 2.59. The van der Waals surface area contributed by atoms with Crippen LogP contribution in [0.3, 0.4) is 0 Å².